The molecule has 0 radical (unpaired) electrons. The lowest BCUT2D eigenvalue weighted by Gasteiger charge is -2.31. The average Bonchev–Trinajstić information content (AvgIpc) is 2.70. The highest BCUT2D eigenvalue weighted by Gasteiger charge is 2.31. The minimum Gasteiger partial charge on any atom is -0.351 e. The van der Waals surface area contributed by atoms with Crippen LogP contribution in [0.2, 0.25) is 0 Å². The molecule has 3 aromatic rings. The van der Waals surface area contributed by atoms with Crippen LogP contribution >= 0.6 is 12.2 Å². The van der Waals surface area contributed by atoms with Crippen LogP contribution in [0.15, 0.2) is 71.9 Å². The molecule has 1 heterocycles. The topological polar surface area (TPSA) is 53.2 Å². The van der Waals surface area contributed by atoms with Crippen LogP contribution in [0.25, 0.3) is 10.8 Å². The van der Waals surface area contributed by atoms with E-state index in [0.717, 1.165) is 38.8 Å². The number of allylic oxidation sites excluding steroid dienone is 1. The number of nitrogens with one attached hydrogen (secondary N) is 3. The Kier molecular flexibility index (Phi) is 5.07. The lowest BCUT2D eigenvalue weighted by Crippen LogP contribution is -2.45. The maximum Gasteiger partial charge on any atom is 0.255 e. The third kappa shape index (κ3) is 3.61. The maximum absolute atomic E-state index is 13.4. The molecule has 1 amide bonds. The fourth-order valence-corrected chi connectivity index (χ4v) is 4.08. The second kappa shape index (κ2) is 7.68. The van der Waals surface area contributed by atoms with Gasteiger partial charge in [0.1, 0.15) is 0 Å². The van der Waals surface area contributed by atoms with Gasteiger partial charge in [0.2, 0.25) is 0 Å². The summed E-state index contributed by atoms with van der Waals surface area (Å²) in [6, 6.07) is 19.9. The number of amides is 1. The molecule has 0 fully saturated rings. The van der Waals surface area contributed by atoms with Crippen LogP contribution in [-0.4, -0.2) is 11.0 Å². The number of rotatable bonds is 3. The number of benzene rings is 3. The molecular weight excluding hydrogens is 378 g/mol. The Hall–Kier alpha value is -3.18. The van der Waals surface area contributed by atoms with Gasteiger partial charge in [0.25, 0.3) is 5.91 Å². The SMILES string of the molecule is CC1=C(C(=O)Nc2cccc(C)c2C)C(c2cccc3ccccc23)NC(=S)N1. The second-order valence-electron chi connectivity index (χ2n) is 7.34. The molecule has 146 valence electrons. The molecule has 4 rings (SSSR count). The van der Waals surface area contributed by atoms with Gasteiger partial charge in [-0.15, -0.1) is 0 Å². The molecule has 1 unspecified atom stereocenters. The Bertz CT molecular complexity index is 1160. The van der Waals surface area contributed by atoms with Crippen molar-refractivity contribution >= 4 is 39.7 Å². The first-order valence-corrected chi connectivity index (χ1v) is 10.00. The molecular formula is C24H23N3OS. The van der Waals surface area contributed by atoms with E-state index in [4.69, 9.17) is 12.2 Å². The van der Waals surface area contributed by atoms with Gasteiger partial charge in [-0.1, -0.05) is 54.6 Å². The Balaban J connectivity index is 1.78. The van der Waals surface area contributed by atoms with E-state index in [2.05, 4.69) is 34.1 Å². The second-order valence-corrected chi connectivity index (χ2v) is 7.75. The van der Waals surface area contributed by atoms with Crippen molar-refractivity contribution in [1.82, 2.24) is 10.6 Å². The predicted octanol–water partition coefficient (Wildman–Crippen LogP) is 4.89. The molecule has 3 aromatic carbocycles. The number of hydrogen-bond donors (Lipinski definition) is 3. The summed E-state index contributed by atoms with van der Waals surface area (Å²) in [5.74, 6) is -0.142. The molecule has 1 atom stereocenters. The summed E-state index contributed by atoms with van der Waals surface area (Å²) in [5, 5.41) is 12.2. The maximum atomic E-state index is 13.4. The zero-order valence-corrected chi connectivity index (χ0v) is 17.5. The minimum absolute atomic E-state index is 0.142. The molecule has 0 spiro atoms. The van der Waals surface area contributed by atoms with Crippen LogP contribution in [0.1, 0.15) is 29.7 Å². The first-order valence-electron chi connectivity index (χ1n) is 9.59. The smallest absolute Gasteiger partial charge is 0.255 e. The van der Waals surface area contributed by atoms with Crippen molar-refractivity contribution in [3.05, 3.63) is 88.6 Å². The van der Waals surface area contributed by atoms with Gasteiger partial charge >= 0.3 is 0 Å². The number of carbonyl (C=O) groups is 1. The molecule has 0 saturated carbocycles. The monoisotopic (exact) mass is 401 g/mol. The van der Waals surface area contributed by atoms with E-state index in [0.29, 0.717) is 10.7 Å². The van der Waals surface area contributed by atoms with Crippen molar-refractivity contribution in [1.29, 1.82) is 0 Å². The normalized spacial score (nSPS) is 16.4. The molecule has 1 aliphatic rings. The van der Waals surface area contributed by atoms with Crippen molar-refractivity contribution in [3.63, 3.8) is 0 Å². The van der Waals surface area contributed by atoms with E-state index >= 15 is 0 Å². The molecule has 1 aliphatic heterocycles. The lowest BCUT2D eigenvalue weighted by molar-refractivity contribution is -0.113. The van der Waals surface area contributed by atoms with Crippen molar-refractivity contribution in [2.75, 3.05) is 5.32 Å². The largest absolute Gasteiger partial charge is 0.351 e. The Morgan fingerprint density at radius 2 is 1.69 bits per heavy atom. The van der Waals surface area contributed by atoms with Gasteiger partial charge in [-0.2, -0.15) is 0 Å². The summed E-state index contributed by atoms with van der Waals surface area (Å²) in [6.07, 6.45) is 0. The van der Waals surface area contributed by atoms with Crippen LogP contribution in [0.4, 0.5) is 5.69 Å². The van der Waals surface area contributed by atoms with Gasteiger partial charge in [0.15, 0.2) is 5.11 Å². The third-order valence-corrected chi connectivity index (χ3v) is 5.72. The summed E-state index contributed by atoms with van der Waals surface area (Å²) in [4.78, 5) is 13.4. The van der Waals surface area contributed by atoms with Crippen LogP contribution in [0.3, 0.4) is 0 Å². The minimum atomic E-state index is -0.333. The van der Waals surface area contributed by atoms with Crippen LogP contribution in [0.5, 0.6) is 0 Å². The average molecular weight is 402 g/mol. The molecule has 0 saturated heterocycles. The van der Waals surface area contributed by atoms with Gasteiger partial charge in [-0.25, -0.2) is 0 Å². The number of fused-ring (bicyclic) bond motifs is 1. The summed E-state index contributed by atoms with van der Waals surface area (Å²) in [5.41, 5.74) is 5.44. The van der Waals surface area contributed by atoms with Crippen LogP contribution in [-0.2, 0) is 4.79 Å². The molecule has 3 N–H and O–H groups in total. The summed E-state index contributed by atoms with van der Waals surface area (Å²) >= 11 is 5.40. The van der Waals surface area contributed by atoms with E-state index in [9.17, 15) is 4.79 Å². The quantitative estimate of drug-likeness (QED) is 0.547. The standard InChI is InChI=1S/C24H23N3OS/c1-14-8-6-13-20(15(14)2)26-23(28)21-16(3)25-24(29)27-22(21)19-12-7-10-17-9-4-5-11-18(17)19/h4-13,22H,1-3H3,(H,26,28)(H2,25,27,29). The van der Waals surface area contributed by atoms with E-state index in [1.807, 2.05) is 63.2 Å². The van der Waals surface area contributed by atoms with E-state index < -0.39 is 0 Å². The van der Waals surface area contributed by atoms with E-state index in [1.54, 1.807) is 0 Å². The lowest BCUT2D eigenvalue weighted by atomic mass is 9.91. The van der Waals surface area contributed by atoms with Crippen molar-refractivity contribution < 1.29 is 4.79 Å². The first-order chi connectivity index (χ1) is 14.0. The summed E-state index contributed by atoms with van der Waals surface area (Å²) < 4.78 is 0. The number of thiocarbonyl (C=S) groups is 1. The fraction of sp³-hybridized carbons (Fsp3) is 0.167. The molecule has 0 aromatic heterocycles. The highest BCUT2D eigenvalue weighted by Crippen LogP contribution is 2.33. The van der Waals surface area contributed by atoms with Gasteiger partial charge in [0.05, 0.1) is 11.6 Å². The molecule has 0 aliphatic carbocycles. The number of hydrogen-bond acceptors (Lipinski definition) is 2. The Morgan fingerprint density at radius 1 is 0.966 bits per heavy atom. The Morgan fingerprint density at radius 3 is 2.52 bits per heavy atom. The Labute approximate surface area is 176 Å². The molecule has 4 nitrogen and oxygen atoms in total. The molecule has 0 bridgehead atoms. The van der Waals surface area contributed by atoms with Gasteiger partial charge < -0.3 is 16.0 Å². The highest BCUT2D eigenvalue weighted by atomic mass is 32.1. The highest BCUT2D eigenvalue weighted by molar-refractivity contribution is 7.80. The summed E-state index contributed by atoms with van der Waals surface area (Å²) in [7, 11) is 0. The van der Waals surface area contributed by atoms with Crippen LogP contribution < -0.4 is 16.0 Å². The predicted molar refractivity (Wildman–Crippen MR) is 123 cm³/mol. The van der Waals surface area contributed by atoms with Crippen LogP contribution in [0, 0.1) is 13.8 Å². The summed E-state index contributed by atoms with van der Waals surface area (Å²) in [6.45, 7) is 5.95. The molecule has 5 heteroatoms. The zero-order chi connectivity index (χ0) is 20.5. The van der Waals surface area contributed by atoms with E-state index in [-0.39, 0.29) is 11.9 Å². The van der Waals surface area contributed by atoms with Gasteiger partial charge in [0, 0.05) is 11.4 Å². The van der Waals surface area contributed by atoms with E-state index in [1.165, 1.54) is 0 Å². The van der Waals surface area contributed by atoms with Crippen molar-refractivity contribution in [2.24, 2.45) is 0 Å². The van der Waals surface area contributed by atoms with Gasteiger partial charge in [-0.05, 0) is 66.5 Å². The fourth-order valence-electron chi connectivity index (χ4n) is 3.81. The van der Waals surface area contributed by atoms with Crippen molar-refractivity contribution in [2.45, 2.75) is 26.8 Å². The molecule has 29 heavy (non-hydrogen) atoms. The third-order valence-electron chi connectivity index (χ3n) is 5.50. The number of aryl methyl sites for hydroxylation is 1. The first kappa shape index (κ1) is 19.2. The van der Waals surface area contributed by atoms with Gasteiger partial charge in [-0.3, -0.25) is 4.79 Å². The van der Waals surface area contributed by atoms with Crippen molar-refractivity contribution in [3.8, 4) is 0 Å². The zero-order valence-electron chi connectivity index (χ0n) is 16.7. The number of carbonyl (C=O) groups excluding carboxylic acids is 1. The number of anilines is 1.